The lowest BCUT2D eigenvalue weighted by Gasteiger charge is -2.04. The van der Waals surface area contributed by atoms with E-state index >= 15 is 0 Å². The third kappa shape index (κ3) is 3.79. The normalized spacial score (nSPS) is 11.5. The molecule has 0 aliphatic heterocycles. The first-order valence-corrected chi connectivity index (χ1v) is 8.33. The van der Waals surface area contributed by atoms with Gasteiger partial charge in [0, 0.05) is 28.8 Å². The molecule has 1 heterocycles. The standard InChI is InChI=1S/C13H14N2O2S2/c1-19(16,17)13-4-2-11(3-5-13)18-12-6-7-15-10(8-12)9-14/h2-8H,9,14H2,1H3. The average molecular weight is 294 g/mol. The van der Waals surface area contributed by atoms with E-state index in [0.717, 1.165) is 15.5 Å². The molecule has 0 saturated carbocycles. The summed E-state index contributed by atoms with van der Waals surface area (Å²) in [4.78, 5) is 6.46. The predicted molar refractivity (Wildman–Crippen MR) is 75.8 cm³/mol. The zero-order valence-corrected chi connectivity index (χ0v) is 12.0. The van der Waals surface area contributed by atoms with E-state index in [1.54, 1.807) is 42.2 Å². The number of benzene rings is 1. The smallest absolute Gasteiger partial charge is 0.175 e. The second kappa shape index (κ2) is 5.73. The number of aromatic nitrogens is 1. The third-order valence-corrected chi connectivity index (χ3v) is 4.61. The fraction of sp³-hybridized carbons (Fsp3) is 0.154. The van der Waals surface area contributed by atoms with Crippen LogP contribution < -0.4 is 5.73 Å². The Balaban J connectivity index is 2.19. The number of hydrogen-bond donors (Lipinski definition) is 1. The lowest BCUT2D eigenvalue weighted by molar-refractivity contribution is 0.602. The molecule has 0 spiro atoms. The molecule has 2 rings (SSSR count). The summed E-state index contributed by atoms with van der Waals surface area (Å²) in [6.45, 7) is 0.404. The first-order chi connectivity index (χ1) is 8.99. The first kappa shape index (κ1) is 14.0. The minimum absolute atomic E-state index is 0.328. The van der Waals surface area contributed by atoms with Gasteiger partial charge in [-0.2, -0.15) is 0 Å². The molecule has 0 amide bonds. The highest BCUT2D eigenvalue weighted by Crippen LogP contribution is 2.28. The Morgan fingerprint density at radius 1 is 1.16 bits per heavy atom. The summed E-state index contributed by atoms with van der Waals surface area (Å²) < 4.78 is 22.7. The van der Waals surface area contributed by atoms with Crippen molar-refractivity contribution in [1.82, 2.24) is 4.98 Å². The van der Waals surface area contributed by atoms with Crippen molar-refractivity contribution in [1.29, 1.82) is 0 Å². The number of nitrogens with zero attached hydrogens (tertiary/aromatic N) is 1. The molecule has 6 heteroatoms. The molecule has 0 atom stereocenters. The molecular weight excluding hydrogens is 280 g/mol. The van der Waals surface area contributed by atoms with Gasteiger partial charge in [0.15, 0.2) is 9.84 Å². The largest absolute Gasteiger partial charge is 0.325 e. The van der Waals surface area contributed by atoms with E-state index in [2.05, 4.69) is 4.98 Å². The molecule has 4 nitrogen and oxygen atoms in total. The van der Waals surface area contributed by atoms with Crippen molar-refractivity contribution < 1.29 is 8.42 Å². The molecule has 100 valence electrons. The van der Waals surface area contributed by atoms with Crippen LogP contribution in [0.2, 0.25) is 0 Å². The maximum atomic E-state index is 11.4. The first-order valence-electron chi connectivity index (χ1n) is 5.62. The number of pyridine rings is 1. The maximum Gasteiger partial charge on any atom is 0.175 e. The molecular formula is C13H14N2O2S2. The number of nitrogens with two attached hydrogens (primary N) is 1. The molecule has 1 aromatic heterocycles. The zero-order valence-electron chi connectivity index (χ0n) is 10.4. The number of rotatable bonds is 4. The van der Waals surface area contributed by atoms with Crippen molar-refractivity contribution in [2.75, 3.05) is 6.26 Å². The average Bonchev–Trinajstić information content (AvgIpc) is 2.38. The SMILES string of the molecule is CS(=O)(=O)c1ccc(Sc2ccnc(CN)c2)cc1. The van der Waals surface area contributed by atoms with Gasteiger partial charge in [-0.1, -0.05) is 11.8 Å². The number of hydrogen-bond acceptors (Lipinski definition) is 5. The fourth-order valence-electron chi connectivity index (χ4n) is 1.52. The zero-order chi connectivity index (χ0) is 13.9. The Bertz CT molecular complexity index is 667. The Morgan fingerprint density at radius 3 is 2.42 bits per heavy atom. The van der Waals surface area contributed by atoms with Crippen LogP contribution in [0.4, 0.5) is 0 Å². The van der Waals surface area contributed by atoms with E-state index in [0.29, 0.717) is 11.4 Å². The van der Waals surface area contributed by atoms with Crippen LogP contribution in [0.3, 0.4) is 0 Å². The molecule has 0 fully saturated rings. The lowest BCUT2D eigenvalue weighted by atomic mass is 10.3. The van der Waals surface area contributed by atoms with Crippen LogP contribution in [0.25, 0.3) is 0 Å². The molecule has 0 radical (unpaired) electrons. The molecule has 0 bridgehead atoms. The van der Waals surface area contributed by atoms with Gasteiger partial charge in [0.05, 0.1) is 10.6 Å². The molecule has 2 aromatic rings. The van der Waals surface area contributed by atoms with Gasteiger partial charge in [-0.15, -0.1) is 0 Å². The molecule has 19 heavy (non-hydrogen) atoms. The van der Waals surface area contributed by atoms with Crippen LogP contribution >= 0.6 is 11.8 Å². The summed E-state index contributed by atoms with van der Waals surface area (Å²) in [6.07, 6.45) is 2.92. The minimum Gasteiger partial charge on any atom is -0.325 e. The van der Waals surface area contributed by atoms with Crippen molar-refractivity contribution in [3.63, 3.8) is 0 Å². The van der Waals surface area contributed by atoms with Gasteiger partial charge in [0.2, 0.25) is 0 Å². The highest BCUT2D eigenvalue weighted by Gasteiger charge is 2.06. The second-order valence-corrected chi connectivity index (χ2v) is 7.20. The van der Waals surface area contributed by atoms with E-state index < -0.39 is 9.84 Å². The predicted octanol–water partition coefficient (Wildman–Crippen LogP) is 2.10. The van der Waals surface area contributed by atoms with Crippen LogP contribution in [0.1, 0.15) is 5.69 Å². The summed E-state index contributed by atoms with van der Waals surface area (Å²) >= 11 is 1.55. The van der Waals surface area contributed by atoms with Gasteiger partial charge in [-0.05, 0) is 36.4 Å². The number of sulfone groups is 1. The summed E-state index contributed by atoms with van der Waals surface area (Å²) in [5.74, 6) is 0. The van der Waals surface area contributed by atoms with Crippen molar-refractivity contribution in [3.05, 3.63) is 48.3 Å². The van der Waals surface area contributed by atoms with Gasteiger partial charge in [-0.25, -0.2) is 8.42 Å². The Kier molecular flexibility index (Phi) is 4.24. The summed E-state index contributed by atoms with van der Waals surface area (Å²) in [6, 6.07) is 10.6. The van der Waals surface area contributed by atoms with E-state index in [-0.39, 0.29) is 0 Å². The monoisotopic (exact) mass is 294 g/mol. The molecule has 1 aromatic carbocycles. The van der Waals surface area contributed by atoms with Crippen LogP contribution in [-0.4, -0.2) is 19.7 Å². The molecule has 0 saturated heterocycles. The van der Waals surface area contributed by atoms with Crippen molar-refractivity contribution in [2.45, 2.75) is 21.2 Å². The van der Waals surface area contributed by atoms with E-state index in [1.807, 2.05) is 12.1 Å². The molecule has 0 aliphatic carbocycles. The maximum absolute atomic E-state index is 11.4. The second-order valence-electron chi connectivity index (χ2n) is 4.03. The lowest BCUT2D eigenvalue weighted by Crippen LogP contribution is -1.98. The van der Waals surface area contributed by atoms with Crippen LogP contribution in [-0.2, 0) is 16.4 Å². The highest BCUT2D eigenvalue weighted by atomic mass is 32.2. The van der Waals surface area contributed by atoms with Gasteiger partial charge in [-0.3, -0.25) is 4.98 Å². The summed E-state index contributed by atoms with van der Waals surface area (Å²) in [7, 11) is -3.14. The van der Waals surface area contributed by atoms with Crippen LogP contribution in [0.15, 0.2) is 57.3 Å². The van der Waals surface area contributed by atoms with E-state index in [1.165, 1.54) is 6.26 Å². The van der Waals surface area contributed by atoms with Gasteiger partial charge in [0.1, 0.15) is 0 Å². The Labute approximate surface area is 117 Å². The summed E-state index contributed by atoms with van der Waals surface area (Å²) in [5, 5.41) is 0. The van der Waals surface area contributed by atoms with Crippen molar-refractivity contribution in [2.24, 2.45) is 5.73 Å². The third-order valence-electron chi connectivity index (χ3n) is 2.48. The van der Waals surface area contributed by atoms with Crippen LogP contribution in [0.5, 0.6) is 0 Å². The van der Waals surface area contributed by atoms with Gasteiger partial charge in [0.25, 0.3) is 0 Å². The van der Waals surface area contributed by atoms with E-state index in [4.69, 9.17) is 5.73 Å². The molecule has 0 unspecified atom stereocenters. The minimum atomic E-state index is -3.14. The highest BCUT2D eigenvalue weighted by molar-refractivity contribution is 7.99. The summed E-state index contributed by atoms with van der Waals surface area (Å²) in [5.41, 5.74) is 6.37. The molecule has 2 N–H and O–H groups in total. The van der Waals surface area contributed by atoms with Crippen LogP contribution in [0, 0.1) is 0 Å². The topological polar surface area (TPSA) is 73.0 Å². The molecule has 0 aliphatic rings. The fourth-order valence-corrected chi connectivity index (χ4v) is 3.02. The Hall–Kier alpha value is -1.37. The van der Waals surface area contributed by atoms with Crippen molar-refractivity contribution >= 4 is 21.6 Å². The Morgan fingerprint density at radius 2 is 1.84 bits per heavy atom. The quantitative estimate of drug-likeness (QED) is 0.934. The van der Waals surface area contributed by atoms with E-state index in [9.17, 15) is 8.42 Å². The van der Waals surface area contributed by atoms with Crippen molar-refractivity contribution in [3.8, 4) is 0 Å². The van der Waals surface area contributed by atoms with Gasteiger partial charge >= 0.3 is 0 Å². The van der Waals surface area contributed by atoms with Gasteiger partial charge < -0.3 is 5.73 Å².